The van der Waals surface area contributed by atoms with Crippen LogP contribution in [0.2, 0.25) is 0 Å². The van der Waals surface area contributed by atoms with Crippen LogP contribution in [0.15, 0.2) is 315 Å². The van der Waals surface area contributed by atoms with E-state index in [4.69, 9.17) is 0 Å². The molecular formula is C125H158Fe2P6. The third kappa shape index (κ3) is 28.8. The monoisotopic (exact) mass is 1960 g/mol. The number of hydrogen-bond acceptors (Lipinski definition) is 0. The van der Waals surface area contributed by atoms with Gasteiger partial charge in [-0.3, -0.25) is 0 Å². The quantitative estimate of drug-likeness (QED) is 0.0578. The Bertz CT molecular complexity index is 5510. The van der Waals surface area contributed by atoms with E-state index < -0.39 is 7.92 Å². The zero-order valence-corrected chi connectivity index (χ0v) is 91.2. The van der Waals surface area contributed by atoms with Crippen molar-refractivity contribution in [3.8, 4) is 0 Å². The summed E-state index contributed by atoms with van der Waals surface area (Å²) >= 11 is 0. The van der Waals surface area contributed by atoms with Crippen molar-refractivity contribution < 1.29 is 34.1 Å². The fourth-order valence-electron chi connectivity index (χ4n) is 23.3. The van der Waals surface area contributed by atoms with E-state index in [9.17, 15) is 0 Å². The Morgan fingerprint density at radius 1 is 0.226 bits per heavy atom. The molecule has 0 nitrogen and oxygen atoms in total. The maximum Gasteiger partial charge on any atom is 0 e. The van der Waals surface area contributed by atoms with E-state index in [1.165, 1.54) is 250 Å². The number of benzene rings is 14. The first-order valence-corrected chi connectivity index (χ1v) is 59.6. The molecule has 0 amide bonds. The molecule has 14 aromatic carbocycles. The smallest absolute Gasteiger partial charge is 0 e. The van der Waals surface area contributed by atoms with E-state index in [-0.39, 0.29) is 89.2 Å². The van der Waals surface area contributed by atoms with Gasteiger partial charge in [-0.25, -0.2) is 0 Å². The molecule has 1 unspecified atom stereocenters. The molecule has 8 heteroatoms. The molecule has 0 bridgehead atoms. The molecule has 0 aliphatic heterocycles. The van der Waals surface area contributed by atoms with Gasteiger partial charge in [-0.2, -0.15) is 0 Å². The Labute approximate surface area is 834 Å². The molecule has 0 heterocycles. The van der Waals surface area contributed by atoms with Crippen LogP contribution in [-0.4, -0.2) is 54.1 Å². The summed E-state index contributed by atoms with van der Waals surface area (Å²) in [5, 5.41) is 29.8. The third-order valence-electron chi connectivity index (χ3n) is 28.1. The number of fused-ring (bicyclic) bond motifs is 6. The predicted molar refractivity (Wildman–Crippen MR) is 602 cm³/mol. The van der Waals surface area contributed by atoms with Crippen LogP contribution in [0.4, 0.5) is 0 Å². The van der Waals surface area contributed by atoms with E-state index in [1.807, 2.05) is 0 Å². The van der Waals surface area contributed by atoms with Gasteiger partial charge in [0.15, 0.2) is 0 Å². The van der Waals surface area contributed by atoms with E-state index in [0.29, 0.717) is 10.3 Å². The normalized spacial score (nSPS) is 16.4. The van der Waals surface area contributed by atoms with Gasteiger partial charge in [-0.15, -0.1) is 0 Å². The maximum absolute atomic E-state index is 2.45. The van der Waals surface area contributed by atoms with E-state index >= 15 is 0 Å². The Morgan fingerprint density at radius 2 is 0.496 bits per heavy atom. The van der Waals surface area contributed by atoms with Crippen molar-refractivity contribution in [2.75, 3.05) is 0 Å². The van der Waals surface area contributed by atoms with Crippen molar-refractivity contribution in [2.45, 2.75) is 337 Å². The molecule has 6 aliphatic rings. The summed E-state index contributed by atoms with van der Waals surface area (Å²) in [7, 11) is -0.950. The van der Waals surface area contributed by atoms with Gasteiger partial charge in [-0.05, 0) is 260 Å². The molecule has 14 aromatic rings. The maximum atomic E-state index is 2.45. The molecule has 6 fully saturated rings. The van der Waals surface area contributed by atoms with Crippen molar-refractivity contribution >= 4 is 149 Å². The van der Waals surface area contributed by atoms with Crippen LogP contribution in [-0.2, 0) is 40.3 Å². The van der Waals surface area contributed by atoms with Gasteiger partial charge in [-0.1, -0.05) is 548 Å². The van der Waals surface area contributed by atoms with Crippen LogP contribution in [0, 0.1) is 0 Å². The van der Waals surface area contributed by atoms with Gasteiger partial charge in [0.2, 0.25) is 0 Å². The molecule has 0 radical (unpaired) electrons. The SMILES string of the molecule is C1CCCC1.CC(C)(C)P(C1CCCC1)C(C)(C)C.CC(C)(C)P(c1c2ccccc2cc2ccccc12)C(C)(C)C.CC(C)(C)P(c1cccc2ccccc12)c1cccc2ccccc12.[Fe].[Fe].c1ccc(CP(c2ccccc2)C2CCCC2)cc1.c1ccc(P(c2ccccc2)C2CCCC2)cc1.c1ccc2c(P(C3CCCCC3)C3CCCCC3)c3ccccc3cc2c1. The van der Waals surface area contributed by atoms with Crippen LogP contribution >= 0.6 is 47.5 Å². The molecule has 6 aliphatic carbocycles. The number of hydrogen-bond donors (Lipinski definition) is 0. The molecule has 704 valence electrons. The minimum atomic E-state index is -0.492. The standard InChI is InChI=1S/C26H31P.C24H23P.C22H27P.C18H21P.C17H19P.C13H27P.C5H10.2Fe/c1-3-13-22(14-4-1)27(23-15-5-2-6-16-23)26-24-17-9-7-11-20(24)19-21-12-8-10-18-25(21)26;1-24(2,3)25(22-16-8-12-18-10-4-6-14-20(18)22)23-17-9-13-19-11-5-7-15-21(19)23;1-21(2,3)23(22(4,5)6)20-18-13-9-7-11-16(18)15-17-12-8-10-14-19(17)20;1-3-9-16(10-4-1)15-19(18-13-7-8-14-18)17-11-5-2-6-12-17;1-3-9-15(10-4-1)18(17-13-7-8-14-17)16-11-5-2-6-12-16;1-12(2,3)14(13(4,5)6)11-9-7-8-10-11;1-2-4-5-3-1;;/h7-12,17-19,22-23H,1-6,13-16H2;4-17H,1-3H3;7-15H,1-6H3;1-6,9-12,18H,7-8,13-15H2;1-6,9-12,17H,7-8,13-14H2;11H,7-10H2,1-6H3;1-5H2;;. The molecule has 0 spiro atoms. The predicted octanol–water partition coefficient (Wildman–Crippen LogP) is 36.6. The number of rotatable bonds is 14. The minimum absolute atomic E-state index is 0. The molecule has 0 saturated heterocycles. The van der Waals surface area contributed by atoms with Gasteiger partial charge in [0.25, 0.3) is 0 Å². The Balaban J connectivity index is 0.000000143. The molecule has 0 N–H and O–H groups in total. The molecular weight excluding hydrogens is 1800 g/mol. The third-order valence-corrected chi connectivity index (χ3v) is 48.6. The van der Waals surface area contributed by atoms with Gasteiger partial charge >= 0.3 is 0 Å². The van der Waals surface area contributed by atoms with Crippen LogP contribution in [0.1, 0.15) is 283 Å². The summed E-state index contributed by atoms with van der Waals surface area (Å²) < 4.78 is 0. The Morgan fingerprint density at radius 3 is 0.842 bits per heavy atom. The van der Waals surface area contributed by atoms with Crippen LogP contribution in [0.5, 0.6) is 0 Å². The minimum Gasteiger partial charge on any atom is -0.0924 e. The summed E-state index contributed by atoms with van der Waals surface area (Å²) in [6, 6.07) is 117. The zero-order valence-electron chi connectivity index (χ0n) is 83.6. The van der Waals surface area contributed by atoms with Gasteiger partial charge in [0, 0.05) is 34.1 Å². The zero-order chi connectivity index (χ0) is 92.0. The van der Waals surface area contributed by atoms with Crippen LogP contribution in [0.25, 0.3) is 64.6 Å². The molecule has 20 rings (SSSR count). The van der Waals surface area contributed by atoms with Crippen molar-refractivity contribution in [1.29, 1.82) is 0 Å². The fourth-order valence-corrected chi connectivity index (χ4v) is 45.9. The van der Waals surface area contributed by atoms with Crippen LogP contribution in [0.3, 0.4) is 0 Å². The first-order chi connectivity index (χ1) is 63.3. The summed E-state index contributed by atoms with van der Waals surface area (Å²) in [5.41, 5.74) is 6.29. The second-order valence-electron chi connectivity index (χ2n) is 43.3. The topological polar surface area (TPSA) is 0 Å². The van der Waals surface area contributed by atoms with E-state index in [1.54, 1.807) is 37.3 Å². The van der Waals surface area contributed by atoms with Gasteiger partial charge < -0.3 is 0 Å². The average Bonchev–Trinajstić information content (AvgIpc) is 1.70. The molecule has 0 aromatic heterocycles. The molecule has 1 atom stereocenters. The van der Waals surface area contributed by atoms with Gasteiger partial charge in [0.1, 0.15) is 0 Å². The van der Waals surface area contributed by atoms with Gasteiger partial charge in [0.05, 0.1) is 0 Å². The largest absolute Gasteiger partial charge is 0.0924 e. The second kappa shape index (κ2) is 50.9. The van der Waals surface area contributed by atoms with Crippen molar-refractivity contribution in [3.63, 3.8) is 0 Å². The second-order valence-corrected chi connectivity index (χ2v) is 61.9. The summed E-state index contributed by atoms with van der Waals surface area (Å²) in [5.74, 6) is 0. The molecule has 6 saturated carbocycles. The summed E-state index contributed by atoms with van der Waals surface area (Å²) in [6.07, 6.45) is 40.8. The van der Waals surface area contributed by atoms with Crippen molar-refractivity contribution in [2.24, 2.45) is 0 Å². The van der Waals surface area contributed by atoms with E-state index in [2.05, 4.69) is 419 Å². The van der Waals surface area contributed by atoms with Crippen LogP contribution < -0.4 is 37.1 Å². The fraction of sp³-hybridized carbons (Fsp3) is 0.424. The first-order valence-electron chi connectivity index (χ1n) is 51.0. The Kier molecular flexibility index (Phi) is 40.6. The van der Waals surface area contributed by atoms with E-state index in [0.717, 1.165) is 28.3 Å². The molecule has 133 heavy (non-hydrogen) atoms. The van der Waals surface area contributed by atoms with Crippen molar-refractivity contribution in [3.05, 3.63) is 321 Å². The summed E-state index contributed by atoms with van der Waals surface area (Å²) in [6.45, 7) is 36.2. The Hall–Kier alpha value is -5.74. The first kappa shape index (κ1) is 106. The average molecular weight is 1960 g/mol. The summed E-state index contributed by atoms with van der Waals surface area (Å²) in [4.78, 5) is 0. The van der Waals surface area contributed by atoms with Crippen molar-refractivity contribution in [1.82, 2.24) is 0 Å².